The summed E-state index contributed by atoms with van der Waals surface area (Å²) in [5.74, 6) is 0.0854. The molecule has 0 aliphatic carbocycles. The highest BCUT2D eigenvalue weighted by Gasteiger charge is 2.18. The molecule has 0 atom stereocenters. The number of benzene rings is 2. The Hall–Kier alpha value is -3.27. The van der Waals surface area contributed by atoms with Crippen molar-refractivity contribution in [2.24, 2.45) is 4.99 Å². The summed E-state index contributed by atoms with van der Waals surface area (Å²) in [6.45, 7) is 0. The molecular weight excluding hydrogens is 334 g/mol. The van der Waals surface area contributed by atoms with Crippen molar-refractivity contribution in [1.29, 1.82) is 0 Å². The highest BCUT2D eigenvalue weighted by Crippen LogP contribution is 2.29. The number of carbonyl (C=O) groups is 1. The van der Waals surface area contributed by atoms with Crippen LogP contribution in [-0.2, 0) is 6.42 Å². The van der Waals surface area contributed by atoms with Crippen LogP contribution in [0.4, 0.5) is 0 Å². The van der Waals surface area contributed by atoms with Crippen LogP contribution in [0.3, 0.4) is 0 Å². The number of H-pyrrole nitrogens is 1. The number of carbonyl (C=O) groups excluding carboxylic acids is 1. The number of allylic oxidation sites excluding steroid dienone is 2. The lowest BCUT2D eigenvalue weighted by Crippen LogP contribution is -2.05. The Morgan fingerprint density at radius 2 is 1.74 bits per heavy atom. The molecule has 27 heavy (non-hydrogen) atoms. The second-order valence-electron chi connectivity index (χ2n) is 6.68. The Balaban J connectivity index is 1.56. The van der Waals surface area contributed by atoms with Gasteiger partial charge in [0.25, 0.3) is 0 Å². The molecule has 0 bridgehead atoms. The van der Waals surface area contributed by atoms with E-state index in [2.05, 4.69) is 33.4 Å². The number of aliphatic imine (C=N–C) groups is 1. The first-order valence-electron chi connectivity index (χ1n) is 9.21. The summed E-state index contributed by atoms with van der Waals surface area (Å²) >= 11 is 0. The maximum absolute atomic E-state index is 12.6. The van der Waals surface area contributed by atoms with Crippen LogP contribution >= 0.6 is 0 Å². The zero-order valence-electron chi connectivity index (χ0n) is 15.1. The number of hydrogen-bond acceptors (Lipinski definition) is 3. The van der Waals surface area contributed by atoms with Crippen LogP contribution in [0.25, 0.3) is 5.57 Å². The second kappa shape index (κ2) is 7.96. The van der Waals surface area contributed by atoms with E-state index >= 15 is 0 Å². The maximum Gasteiger partial charge on any atom is 0.168 e. The van der Waals surface area contributed by atoms with E-state index in [1.165, 1.54) is 5.56 Å². The van der Waals surface area contributed by atoms with Crippen LogP contribution < -0.4 is 0 Å². The average Bonchev–Trinajstić information content (AvgIpc) is 3.18. The molecule has 4 rings (SSSR count). The van der Waals surface area contributed by atoms with Gasteiger partial charge in [-0.3, -0.25) is 14.9 Å². The lowest BCUT2D eigenvalue weighted by molar-refractivity contribution is 0.0992. The zero-order valence-corrected chi connectivity index (χ0v) is 15.1. The summed E-state index contributed by atoms with van der Waals surface area (Å²) in [6, 6.07) is 21.8. The summed E-state index contributed by atoms with van der Waals surface area (Å²) in [4.78, 5) is 17.1. The van der Waals surface area contributed by atoms with Gasteiger partial charge in [-0.05, 0) is 24.5 Å². The quantitative estimate of drug-likeness (QED) is 0.643. The van der Waals surface area contributed by atoms with E-state index in [0.717, 1.165) is 47.5 Å². The van der Waals surface area contributed by atoms with Gasteiger partial charge >= 0.3 is 0 Å². The van der Waals surface area contributed by atoms with Gasteiger partial charge in [-0.2, -0.15) is 5.10 Å². The van der Waals surface area contributed by atoms with Crippen LogP contribution in [0.15, 0.2) is 77.4 Å². The van der Waals surface area contributed by atoms with Gasteiger partial charge in [0.1, 0.15) is 0 Å². The molecule has 1 aromatic heterocycles. The molecule has 0 saturated heterocycles. The Morgan fingerprint density at radius 1 is 1.00 bits per heavy atom. The molecule has 0 saturated carbocycles. The minimum absolute atomic E-state index is 0.0854. The molecule has 0 amide bonds. The second-order valence-corrected chi connectivity index (χ2v) is 6.68. The standard InChI is InChI=1S/C23H21N3O/c27-23(18-10-5-2-6-11-18)16-21-20(12-7-13-24-21)22-15-19(25-26-22)14-17-8-3-1-4-9-17/h1-6,8-11,13,15H,7,12,14,16H2,(H,25,26). The molecule has 1 aliphatic heterocycles. The smallest absolute Gasteiger partial charge is 0.168 e. The van der Waals surface area contributed by atoms with Crippen LogP contribution in [0.5, 0.6) is 0 Å². The topological polar surface area (TPSA) is 58.1 Å². The van der Waals surface area contributed by atoms with E-state index in [4.69, 9.17) is 0 Å². The van der Waals surface area contributed by atoms with Gasteiger partial charge in [0.15, 0.2) is 5.78 Å². The lowest BCUT2D eigenvalue weighted by Gasteiger charge is -2.13. The normalized spacial score (nSPS) is 13.8. The number of nitrogens with one attached hydrogen (secondary N) is 1. The van der Waals surface area contributed by atoms with Crippen molar-refractivity contribution >= 4 is 17.6 Å². The van der Waals surface area contributed by atoms with Crippen molar-refractivity contribution < 1.29 is 4.79 Å². The molecule has 2 heterocycles. The Labute approximate surface area is 158 Å². The number of aromatic nitrogens is 2. The summed E-state index contributed by atoms with van der Waals surface area (Å²) in [5, 5.41) is 7.63. The summed E-state index contributed by atoms with van der Waals surface area (Å²) in [5.41, 5.74) is 5.81. The molecule has 0 radical (unpaired) electrons. The van der Waals surface area contributed by atoms with Crippen molar-refractivity contribution in [3.05, 3.63) is 94.9 Å². The van der Waals surface area contributed by atoms with E-state index in [0.29, 0.717) is 6.42 Å². The average molecular weight is 355 g/mol. The van der Waals surface area contributed by atoms with Gasteiger partial charge in [-0.15, -0.1) is 0 Å². The SMILES string of the molecule is O=C(CC1=C(c2cc(Cc3ccccc3)[nH]n2)CCC=N1)c1ccccc1. The van der Waals surface area contributed by atoms with Gasteiger partial charge in [-0.1, -0.05) is 60.7 Å². The fourth-order valence-electron chi connectivity index (χ4n) is 3.33. The van der Waals surface area contributed by atoms with Crippen molar-refractivity contribution in [2.75, 3.05) is 0 Å². The van der Waals surface area contributed by atoms with E-state index in [-0.39, 0.29) is 5.78 Å². The number of ketones is 1. The predicted octanol–water partition coefficient (Wildman–Crippen LogP) is 4.85. The van der Waals surface area contributed by atoms with Crippen molar-refractivity contribution in [3.63, 3.8) is 0 Å². The fraction of sp³-hybridized carbons (Fsp3) is 0.174. The zero-order chi connectivity index (χ0) is 18.5. The lowest BCUT2D eigenvalue weighted by atomic mass is 9.97. The van der Waals surface area contributed by atoms with E-state index in [1.54, 1.807) is 0 Å². The molecule has 4 heteroatoms. The maximum atomic E-state index is 12.6. The number of rotatable bonds is 6. The van der Waals surface area contributed by atoms with Crippen molar-refractivity contribution in [3.8, 4) is 0 Å². The Morgan fingerprint density at radius 3 is 2.52 bits per heavy atom. The molecule has 1 aliphatic rings. The van der Waals surface area contributed by atoms with Gasteiger partial charge in [0, 0.05) is 29.5 Å². The number of nitrogens with zero attached hydrogens (tertiary/aromatic N) is 2. The van der Waals surface area contributed by atoms with Gasteiger partial charge < -0.3 is 0 Å². The molecule has 3 aromatic rings. The minimum Gasteiger partial charge on any atom is -0.294 e. The van der Waals surface area contributed by atoms with E-state index < -0.39 is 0 Å². The molecule has 0 spiro atoms. The van der Waals surface area contributed by atoms with Gasteiger partial charge in [0.05, 0.1) is 17.8 Å². The molecule has 4 nitrogen and oxygen atoms in total. The first-order valence-corrected chi connectivity index (χ1v) is 9.21. The monoisotopic (exact) mass is 355 g/mol. The third-order valence-electron chi connectivity index (χ3n) is 4.72. The van der Waals surface area contributed by atoms with Gasteiger partial charge in [0.2, 0.25) is 0 Å². The van der Waals surface area contributed by atoms with Crippen LogP contribution in [-0.4, -0.2) is 22.2 Å². The Kier molecular flexibility index (Phi) is 5.06. The van der Waals surface area contributed by atoms with Crippen LogP contribution in [0.2, 0.25) is 0 Å². The van der Waals surface area contributed by atoms with Crippen LogP contribution in [0, 0.1) is 0 Å². The third kappa shape index (κ3) is 4.11. The van der Waals surface area contributed by atoms with Crippen molar-refractivity contribution in [1.82, 2.24) is 10.2 Å². The fourth-order valence-corrected chi connectivity index (χ4v) is 3.33. The van der Waals surface area contributed by atoms with E-state index in [1.807, 2.05) is 54.7 Å². The minimum atomic E-state index is 0.0854. The highest BCUT2D eigenvalue weighted by molar-refractivity contribution is 5.99. The molecule has 1 N–H and O–H groups in total. The molecular formula is C23H21N3O. The largest absolute Gasteiger partial charge is 0.294 e. The number of hydrogen-bond donors (Lipinski definition) is 1. The molecule has 134 valence electrons. The summed E-state index contributed by atoms with van der Waals surface area (Å²) < 4.78 is 0. The number of Topliss-reactive ketones (excluding diaryl/α,β-unsaturated/α-hetero) is 1. The first kappa shape index (κ1) is 17.2. The number of aromatic amines is 1. The third-order valence-corrected chi connectivity index (χ3v) is 4.72. The van der Waals surface area contributed by atoms with Gasteiger partial charge in [-0.25, -0.2) is 0 Å². The van der Waals surface area contributed by atoms with Crippen LogP contribution in [0.1, 0.15) is 46.6 Å². The molecule has 0 fully saturated rings. The Bertz CT molecular complexity index is 985. The summed E-state index contributed by atoms with van der Waals surface area (Å²) in [6.07, 6.45) is 4.74. The predicted molar refractivity (Wildman–Crippen MR) is 108 cm³/mol. The highest BCUT2D eigenvalue weighted by atomic mass is 16.1. The van der Waals surface area contributed by atoms with E-state index in [9.17, 15) is 4.79 Å². The molecule has 0 unspecified atom stereocenters. The first-order chi connectivity index (χ1) is 13.3. The van der Waals surface area contributed by atoms with Crippen molar-refractivity contribution in [2.45, 2.75) is 25.7 Å². The molecule has 2 aromatic carbocycles. The summed E-state index contributed by atoms with van der Waals surface area (Å²) in [7, 11) is 0.